The lowest BCUT2D eigenvalue weighted by molar-refractivity contribution is 0.399. The highest BCUT2D eigenvalue weighted by Gasteiger charge is 2.22. The average molecular weight is 352 g/mol. The Labute approximate surface area is 130 Å². The van der Waals surface area contributed by atoms with Crippen molar-refractivity contribution in [1.82, 2.24) is 4.90 Å². The quantitative estimate of drug-likeness (QED) is 0.726. The molecule has 4 heteroatoms. The second-order valence-corrected chi connectivity index (χ2v) is 7.03. The monoisotopic (exact) mass is 351 g/mol. The summed E-state index contributed by atoms with van der Waals surface area (Å²) >= 11 is 5.32. The summed E-state index contributed by atoms with van der Waals surface area (Å²) in [4.78, 5) is 3.62. The Balaban J connectivity index is 1.87. The maximum absolute atomic E-state index is 13.0. The summed E-state index contributed by atoms with van der Waals surface area (Å²) in [5.41, 5.74) is 2.38. The molecule has 0 bridgehead atoms. The first-order valence-electron chi connectivity index (χ1n) is 6.52. The minimum atomic E-state index is -0.183. The largest absolute Gasteiger partial charge is 0.380 e. The molecule has 20 heavy (non-hydrogen) atoms. The molecule has 0 fully saturated rings. The molecule has 2 aromatic rings. The summed E-state index contributed by atoms with van der Waals surface area (Å²) in [7, 11) is 2.10. The Kier molecular flexibility index (Phi) is 3.94. The lowest BCUT2D eigenvalue weighted by Crippen LogP contribution is -2.24. The predicted octanol–water partition coefficient (Wildman–Crippen LogP) is 5.11. The zero-order valence-electron chi connectivity index (χ0n) is 11.1. The van der Waals surface area contributed by atoms with Gasteiger partial charge in [-0.2, -0.15) is 0 Å². The Morgan fingerprint density at radius 1 is 1.30 bits per heavy atom. The molecule has 0 saturated carbocycles. The summed E-state index contributed by atoms with van der Waals surface area (Å²) in [5.74, 6) is 0.318. The number of likely N-dealkylation sites (N-methyl/N-ethyl adjacent to an activating group) is 1. The van der Waals surface area contributed by atoms with E-state index in [1.165, 1.54) is 22.6 Å². The normalized spacial score (nSPS) is 19.1. The molecule has 1 aliphatic rings. The summed E-state index contributed by atoms with van der Waals surface area (Å²) in [6.07, 6.45) is 3.18. The van der Waals surface area contributed by atoms with Crippen LogP contribution in [0.1, 0.15) is 22.8 Å². The third kappa shape index (κ3) is 2.96. The van der Waals surface area contributed by atoms with E-state index in [0.717, 1.165) is 23.0 Å². The van der Waals surface area contributed by atoms with Crippen LogP contribution in [-0.4, -0.2) is 18.5 Å². The number of hydrogen-bond acceptors (Lipinski definition) is 2. The van der Waals surface area contributed by atoms with Gasteiger partial charge in [0.1, 0.15) is 5.82 Å². The molecule has 0 spiro atoms. The van der Waals surface area contributed by atoms with Crippen LogP contribution in [0.5, 0.6) is 0 Å². The van der Waals surface area contributed by atoms with Crippen LogP contribution >= 0.6 is 27.3 Å². The molecule has 1 aromatic carbocycles. The van der Waals surface area contributed by atoms with E-state index in [1.807, 2.05) is 12.1 Å². The average Bonchev–Trinajstić information content (AvgIpc) is 2.85. The van der Waals surface area contributed by atoms with Gasteiger partial charge in [0.2, 0.25) is 0 Å². The number of allylic oxidation sites excluding steroid dienone is 1. The molecule has 0 saturated heterocycles. The fourth-order valence-corrected chi connectivity index (χ4v) is 4.18. The van der Waals surface area contributed by atoms with Crippen molar-refractivity contribution in [1.29, 1.82) is 0 Å². The van der Waals surface area contributed by atoms with Crippen LogP contribution in [-0.2, 0) is 0 Å². The molecular weight excluding hydrogens is 337 g/mol. The molecule has 0 N–H and O–H groups in total. The molecule has 0 amide bonds. The van der Waals surface area contributed by atoms with Crippen molar-refractivity contribution in [3.63, 3.8) is 0 Å². The standard InChI is InChI=1S/C16H15BrFNS/c1-19-8-12(11-2-4-15(18)5-3-11)6-13(9-19)16-7-14(17)10-20-16/h2-5,7-8,10,13H,6,9H2,1H3. The first-order chi connectivity index (χ1) is 9.61. The lowest BCUT2D eigenvalue weighted by atomic mass is 9.90. The summed E-state index contributed by atoms with van der Waals surface area (Å²) in [6, 6.07) is 8.99. The summed E-state index contributed by atoms with van der Waals surface area (Å²) in [6.45, 7) is 1.03. The maximum atomic E-state index is 13.0. The number of halogens is 2. The van der Waals surface area contributed by atoms with Crippen molar-refractivity contribution in [2.45, 2.75) is 12.3 Å². The van der Waals surface area contributed by atoms with Gasteiger partial charge in [-0.05, 0) is 51.7 Å². The van der Waals surface area contributed by atoms with Crippen molar-refractivity contribution in [2.24, 2.45) is 0 Å². The number of hydrogen-bond donors (Lipinski definition) is 0. The molecule has 1 nitrogen and oxygen atoms in total. The van der Waals surface area contributed by atoms with Gasteiger partial charge in [0.25, 0.3) is 0 Å². The van der Waals surface area contributed by atoms with Crippen molar-refractivity contribution >= 4 is 32.8 Å². The van der Waals surface area contributed by atoms with Gasteiger partial charge in [-0.1, -0.05) is 12.1 Å². The van der Waals surface area contributed by atoms with E-state index in [9.17, 15) is 4.39 Å². The summed E-state index contributed by atoms with van der Waals surface area (Å²) < 4.78 is 14.2. The molecule has 0 radical (unpaired) electrons. The smallest absolute Gasteiger partial charge is 0.123 e. The molecule has 1 aromatic heterocycles. The molecule has 1 aliphatic heterocycles. The molecule has 1 atom stereocenters. The van der Waals surface area contributed by atoms with Crippen LogP contribution in [0, 0.1) is 5.82 Å². The predicted molar refractivity (Wildman–Crippen MR) is 86.4 cm³/mol. The molecule has 1 unspecified atom stereocenters. The second-order valence-electron chi connectivity index (χ2n) is 5.17. The first kappa shape index (κ1) is 13.8. The Morgan fingerprint density at radius 3 is 2.70 bits per heavy atom. The van der Waals surface area contributed by atoms with E-state index >= 15 is 0 Å². The van der Waals surface area contributed by atoms with Gasteiger partial charge >= 0.3 is 0 Å². The van der Waals surface area contributed by atoms with E-state index in [1.54, 1.807) is 11.3 Å². The number of rotatable bonds is 2. The molecule has 2 heterocycles. The highest BCUT2D eigenvalue weighted by atomic mass is 79.9. The van der Waals surface area contributed by atoms with Crippen molar-refractivity contribution < 1.29 is 4.39 Å². The fraction of sp³-hybridized carbons (Fsp3) is 0.250. The zero-order chi connectivity index (χ0) is 14.1. The van der Waals surface area contributed by atoms with Crippen LogP contribution in [0.15, 0.2) is 46.4 Å². The van der Waals surface area contributed by atoms with E-state index in [4.69, 9.17) is 0 Å². The minimum absolute atomic E-state index is 0.183. The van der Waals surface area contributed by atoms with Crippen LogP contribution in [0.3, 0.4) is 0 Å². The van der Waals surface area contributed by atoms with Gasteiger partial charge in [-0.15, -0.1) is 11.3 Å². The minimum Gasteiger partial charge on any atom is -0.380 e. The van der Waals surface area contributed by atoms with Gasteiger partial charge in [-0.3, -0.25) is 0 Å². The van der Waals surface area contributed by atoms with Crippen LogP contribution in [0.25, 0.3) is 5.57 Å². The van der Waals surface area contributed by atoms with E-state index in [2.05, 4.69) is 45.5 Å². The molecule has 104 valence electrons. The van der Waals surface area contributed by atoms with Gasteiger partial charge < -0.3 is 4.90 Å². The SMILES string of the molecule is CN1C=C(c2ccc(F)cc2)CC(c2cc(Br)cs2)C1. The summed E-state index contributed by atoms with van der Waals surface area (Å²) in [5, 5.41) is 2.13. The molecule has 3 rings (SSSR count). The fourth-order valence-electron chi connectivity index (χ4n) is 2.64. The number of benzene rings is 1. The van der Waals surface area contributed by atoms with E-state index in [-0.39, 0.29) is 5.82 Å². The zero-order valence-corrected chi connectivity index (χ0v) is 13.5. The number of thiophene rings is 1. The van der Waals surface area contributed by atoms with E-state index < -0.39 is 0 Å². The van der Waals surface area contributed by atoms with Crippen molar-refractivity contribution in [3.8, 4) is 0 Å². The van der Waals surface area contributed by atoms with Gasteiger partial charge in [-0.25, -0.2) is 4.39 Å². The topological polar surface area (TPSA) is 3.24 Å². The van der Waals surface area contributed by atoms with Gasteiger partial charge in [0.05, 0.1) is 0 Å². The Morgan fingerprint density at radius 2 is 2.05 bits per heavy atom. The van der Waals surface area contributed by atoms with E-state index in [0.29, 0.717) is 5.92 Å². The number of nitrogens with zero attached hydrogens (tertiary/aromatic N) is 1. The third-order valence-corrected chi connectivity index (χ3v) is 5.41. The van der Waals surface area contributed by atoms with Gasteiger partial charge in [0, 0.05) is 40.4 Å². The Bertz CT molecular complexity index is 632. The van der Waals surface area contributed by atoms with Crippen LogP contribution in [0.2, 0.25) is 0 Å². The first-order valence-corrected chi connectivity index (χ1v) is 8.20. The maximum Gasteiger partial charge on any atom is 0.123 e. The highest BCUT2D eigenvalue weighted by Crippen LogP contribution is 2.37. The molecular formula is C16H15BrFNS. The Hall–Kier alpha value is -1.13. The van der Waals surface area contributed by atoms with Crippen LogP contribution in [0.4, 0.5) is 4.39 Å². The molecule has 0 aliphatic carbocycles. The van der Waals surface area contributed by atoms with Gasteiger partial charge in [0.15, 0.2) is 0 Å². The second kappa shape index (κ2) is 5.70. The van der Waals surface area contributed by atoms with Crippen molar-refractivity contribution in [2.75, 3.05) is 13.6 Å². The lowest BCUT2D eigenvalue weighted by Gasteiger charge is -2.29. The third-order valence-electron chi connectivity index (χ3n) is 3.56. The van der Waals surface area contributed by atoms with Crippen LogP contribution < -0.4 is 0 Å². The van der Waals surface area contributed by atoms with Crippen molar-refractivity contribution in [3.05, 3.63) is 62.6 Å². The highest BCUT2D eigenvalue weighted by molar-refractivity contribution is 9.10.